The Kier molecular flexibility index (Phi) is 7.06. The van der Waals surface area contributed by atoms with Crippen LogP contribution < -0.4 is 5.32 Å². The van der Waals surface area contributed by atoms with Crippen LogP contribution in [-0.2, 0) is 0 Å². The second-order valence-corrected chi connectivity index (χ2v) is 5.55. The number of hydrogen-bond donors (Lipinski definition) is 1. The average molecular weight is 226 g/mol. The molecule has 0 radical (unpaired) electrons. The molecule has 0 aromatic heterocycles. The average Bonchev–Trinajstić information content (AvgIpc) is 2.29. The minimum Gasteiger partial charge on any atom is -0.314 e. The van der Waals surface area contributed by atoms with Gasteiger partial charge in [0.15, 0.2) is 0 Å². The van der Waals surface area contributed by atoms with Gasteiger partial charge in [0, 0.05) is 6.04 Å². The molecule has 0 aromatic carbocycles. The lowest BCUT2D eigenvalue weighted by Gasteiger charge is -2.30. The van der Waals surface area contributed by atoms with E-state index >= 15 is 0 Å². The highest BCUT2D eigenvalue weighted by atomic mass is 15.1. The standard InChI is InChI=1S/C14H30N2/c1-4-5-6-7-13(2)15-12-14-8-10-16(3)11-9-14/h13-15H,4-12H2,1-3H3. The van der Waals surface area contributed by atoms with E-state index < -0.39 is 0 Å². The Hall–Kier alpha value is -0.0800. The maximum atomic E-state index is 3.71. The molecule has 1 heterocycles. The molecule has 1 fully saturated rings. The molecule has 0 amide bonds. The summed E-state index contributed by atoms with van der Waals surface area (Å²) in [6.07, 6.45) is 8.22. The van der Waals surface area contributed by atoms with Crippen LogP contribution in [0.3, 0.4) is 0 Å². The van der Waals surface area contributed by atoms with E-state index in [4.69, 9.17) is 0 Å². The van der Waals surface area contributed by atoms with Crippen LogP contribution in [0, 0.1) is 5.92 Å². The molecule has 1 aliphatic rings. The van der Waals surface area contributed by atoms with Crippen LogP contribution in [0.15, 0.2) is 0 Å². The third kappa shape index (κ3) is 5.86. The smallest absolute Gasteiger partial charge is 0.00388 e. The number of likely N-dealkylation sites (tertiary alicyclic amines) is 1. The summed E-state index contributed by atoms with van der Waals surface area (Å²) in [5.41, 5.74) is 0. The van der Waals surface area contributed by atoms with Crippen molar-refractivity contribution in [2.24, 2.45) is 5.92 Å². The van der Waals surface area contributed by atoms with E-state index in [0.717, 1.165) is 5.92 Å². The van der Waals surface area contributed by atoms with Crippen LogP contribution in [0.5, 0.6) is 0 Å². The van der Waals surface area contributed by atoms with E-state index in [9.17, 15) is 0 Å². The Morgan fingerprint density at radius 2 is 1.94 bits per heavy atom. The number of nitrogens with zero attached hydrogens (tertiary/aromatic N) is 1. The first kappa shape index (κ1) is 14.0. The van der Waals surface area contributed by atoms with Crippen molar-refractivity contribution in [2.75, 3.05) is 26.7 Å². The molecule has 1 aliphatic heterocycles. The summed E-state index contributed by atoms with van der Waals surface area (Å²) >= 11 is 0. The zero-order valence-electron chi connectivity index (χ0n) is 11.5. The molecule has 0 aliphatic carbocycles. The molecule has 0 bridgehead atoms. The molecule has 0 aromatic rings. The van der Waals surface area contributed by atoms with Gasteiger partial charge in [-0.3, -0.25) is 0 Å². The number of rotatable bonds is 7. The highest BCUT2D eigenvalue weighted by Gasteiger charge is 2.16. The lowest BCUT2D eigenvalue weighted by atomic mass is 9.96. The molecule has 16 heavy (non-hydrogen) atoms. The van der Waals surface area contributed by atoms with Gasteiger partial charge in [0.2, 0.25) is 0 Å². The van der Waals surface area contributed by atoms with Crippen LogP contribution in [0.2, 0.25) is 0 Å². The van der Waals surface area contributed by atoms with E-state index in [1.54, 1.807) is 0 Å². The summed E-state index contributed by atoms with van der Waals surface area (Å²) in [5.74, 6) is 0.921. The Morgan fingerprint density at radius 3 is 2.56 bits per heavy atom. The van der Waals surface area contributed by atoms with Gasteiger partial charge in [-0.15, -0.1) is 0 Å². The first-order valence-corrected chi connectivity index (χ1v) is 7.14. The summed E-state index contributed by atoms with van der Waals surface area (Å²) in [6.45, 7) is 8.43. The van der Waals surface area contributed by atoms with Crippen molar-refractivity contribution in [2.45, 2.75) is 58.4 Å². The molecule has 2 nitrogen and oxygen atoms in total. The molecule has 1 saturated heterocycles. The minimum atomic E-state index is 0.714. The van der Waals surface area contributed by atoms with Gasteiger partial charge in [-0.05, 0) is 58.8 Å². The second-order valence-electron chi connectivity index (χ2n) is 5.55. The van der Waals surface area contributed by atoms with Gasteiger partial charge in [-0.25, -0.2) is 0 Å². The lowest BCUT2D eigenvalue weighted by molar-refractivity contribution is 0.212. The van der Waals surface area contributed by atoms with Gasteiger partial charge < -0.3 is 10.2 Å². The Bertz CT molecular complexity index is 162. The van der Waals surface area contributed by atoms with Gasteiger partial charge in [-0.2, -0.15) is 0 Å². The Balaban J connectivity index is 2.00. The second kappa shape index (κ2) is 8.08. The van der Waals surface area contributed by atoms with Gasteiger partial charge in [0.25, 0.3) is 0 Å². The predicted octanol–water partition coefficient (Wildman–Crippen LogP) is 2.89. The topological polar surface area (TPSA) is 15.3 Å². The van der Waals surface area contributed by atoms with E-state index in [1.807, 2.05) is 0 Å². The highest BCUT2D eigenvalue weighted by Crippen LogP contribution is 2.15. The number of nitrogens with one attached hydrogen (secondary N) is 1. The Morgan fingerprint density at radius 1 is 1.25 bits per heavy atom. The Labute approximate surface area is 102 Å². The van der Waals surface area contributed by atoms with Crippen LogP contribution in [0.1, 0.15) is 52.4 Å². The van der Waals surface area contributed by atoms with E-state index in [-0.39, 0.29) is 0 Å². The molecule has 1 atom stereocenters. The van der Waals surface area contributed by atoms with Crippen molar-refractivity contribution in [3.05, 3.63) is 0 Å². The molecular formula is C14H30N2. The first-order valence-electron chi connectivity index (χ1n) is 7.14. The summed E-state index contributed by atoms with van der Waals surface area (Å²) in [6, 6.07) is 0.714. The van der Waals surface area contributed by atoms with Gasteiger partial charge in [0.05, 0.1) is 0 Å². The quantitative estimate of drug-likeness (QED) is 0.672. The summed E-state index contributed by atoms with van der Waals surface area (Å²) in [7, 11) is 2.23. The van der Waals surface area contributed by atoms with Gasteiger partial charge in [0.1, 0.15) is 0 Å². The molecule has 0 spiro atoms. The third-order valence-electron chi connectivity index (χ3n) is 3.83. The SMILES string of the molecule is CCCCCC(C)NCC1CCN(C)CC1. The number of piperidine rings is 1. The van der Waals surface area contributed by atoms with Crippen molar-refractivity contribution in [3.8, 4) is 0 Å². The van der Waals surface area contributed by atoms with Gasteiger partial charge in [-0.1, -0.05) is 26.2 Å². The maximum absolute atomic E-state index is 3.71. The van der Waals surface area contributed by atoms with Crippen molar-refractivity contribution in [3.63, 3.8) is 0 Å². The van der Waals surface area contributed by atoms with Crippen molar-refractivity contribution in [1.29, 1.82) is 0 Å². The predicted molar refractivity (Wildman–Crippen MR) is 71.8 cm³/mol. The van der Waals surface area contributed by atoms with Crippen molar-refractivity contribution >= 4 is 0 Å². The first-order chi connectivity index (χ1) is 7.72. The molecule has 0 saturated carbocycles. The maximum Gasteiger partial charge on any atom is 0.00388 e. The zero-order chi connectivity index (χ0) is 11.8. The fourth-order valence-electron chi connectivity index (χ4n) is 2.44. The summed E-state index contributed by atoms with van der Waals surface area (Å²) in [4.78, 5) is 2.45. The van der Waals surface area contributed by atoms with Crippen molar-refractivity contribution < 1.29 is 0 Å². The van der Waals surface area contributed by atoms with Crippen LogP contribution in [0.25, 0.3) is 0 Å². The third-order valence-corrected chi connectivity index (χ3v) is 3.83. The summed E-state index contributed by atoms with van der Waals surface area (Å²) < 4.78 is 0. The van der Waals surface area contributed by atoms with E-state index in [0.29, 0.717) is 6.04 Å². The number of hydrogen-bond acceptors (Lipinski definition) is 2. The molecule has 2 heteroatoms. The van der Waals surface area contributed by atoms with Crippen molar-refractivity contribution in [1.82, 2.24) is 10.2 Å². The molecular weight excluding hydrogens is 196 g/mol. The molecule has 1 unspecified atom stereocenters. The van der Waals surface area contributed by atoms with Crippen LogP contribution in [-0.4, -0.2) is 37.6 Å². The molecule has 96 valence electrons. The molecule has 1 N–H and O–H groups in total. The molecule has 1 rings (SSSR count). The normalized spacial score (nSPS) is 21.2. The highest BCUT2D eigenvalue weighted by molar-refractivity contribution is 4.73. The van der Waals surface area contributed by atoms with Crippen LogP contribution >= 0.6 is 0 Å². The van der Waals surface area contributed by atoms with Crippen LogP contribution in [0.4, 0.5) is 0 Å². The number of unbranched alkanes of at least 4 members (excludes halogenated alkanes) is 2. The fourth-order valence-corrected chi connectivity index (χ4v) is 2.44. The summed E-state index contributed by atoms with van der Waals surface area (Å²) in [5, 5.41) is 3.71. The fraction of sp³-hybridized carbons (Fsp3) is 1.00. The largest absolute Gasteiger partial charge is 0.314 e. The van der Waals surface area contributed by atoms with Gasteiger partial charge >= 0.3 is 0 Å². The monoisotopic (exact) mass is 226 g/mol. The van der Waals surface area contributed by atoms with E-state index in [1.165, 1.54) is 58.2 Å². The van der Waals surface area contributed by atoms with E-state index in [2.05, 4.69) is 31.1 Å². The zero-order valence-corrected chi connectivity index (χ0v) is 11.5. The minimum absolute atomic E-state index is 0.714. The lowest BCUT2D eigenvalue weighted by Crippen LogP contribution is -2.37.